The first-order valence-corrected chi connectivity index (χ1v) is 7.99. The van der Waals surface area contributed by atoms with Crippen LogP contribution in [0.3, 0.4) is 0 Å². The van der Waals surface area contributed by atoms with Crippen molar-refractivity contribution in [3.8, 4) is 5.75 Å². The molecule has 0 saturated heterocycles. The Bertz CT molecular complexity index is 730. The van der Waals surface area contributed by atoms with E-state index in [1.54, 1.807) is 26.2 Å². The summed E-state index contributed by atoms with van der Waals surface area (Å²) in [5.74, 6) is 0.174. The van der Waals surface area contributed by atoms with Gasteiger partial charge in [0.05, 0.1) is 13.7 Å². The highest BCUT2D eigenvalue weighted by molar-refractivity contribution is 5.83. The monoisotopic (exact) mass is 329 g/mol. The fraction of sp³-hybridized carbons (Fsp3) is 0.316. The number of methoxy groups -OCH3 is 1. The van der Waals surface area contributed by atoms with Gasteiger partial charge >= 0.3 is 5.97 Å². The molecule has 1 aliphatic rings. The second kappa shape index (κ2) is 6.91. The Kier molecular flexibility index (Phi) is 4.69. The van der Waals surface area contributed by atoms with Crippen molar-refractivity contribution in [2.75, 3.05) is 25.2 Å². The number of carbonyl (C=O) groups is 1. The van der Waals surface area contributed by atoms with Crippen molar-refractivity contribution < 1.29 is 18.7 Å². The lowest BCUT2D eigenvalue weighted by Crippen LogP contribution is -2.40. The van der Waals surface area contributed by atoms with Gasteiger partial charge < -0.3 is 14.4 Å². The van der Waals surface area contributed by atoms with Crippen LogP contribution >= 0.6 is 0 Å². The zero-order chi connectivity index (χ0) is 17.1. The van der Waals surface area contributed by atoms with E-state index in [9.17, 15) is 9.18 Å². The molecule has 0 radical (unpaired) electrons. The number of rotatable bonds is 4. The first-order chi connectivity index (χ1) is 11.6. The number of fused-ring (bicyclic) bond motifs is 1. The maximum atomic E-state index is 13.2. The third kappa shape index (κ3) is 3.07. The number of hydrogen-bond acceptors (Lipinski definition) is 4. The van der Waals surface area contributed by atoms with E-state index in [0.717, 1.165) is 29.0 Å². The number of ether oxygens (including phenoxy) is 2. The SMILES string of the molecule is CCOC(=O)[C@H]1c2ccc(OC)cc2CCN1c1ccc(F)cc1. The zero-order valence-electron chi connectivity index (χ0n) is 13.8. The van der Waals surface area contributed by atoms with Crippen molar-refractivity contribution in [3.05, 3.63) is 59.4 Å². The van der Waals surface area contributed by atoms with Crippen LogP contribution in [0.1, 0.15) is 24.1 Å². The van der Waals surface area contributed by atoms with Crippen LogP contribution in [0.5, 0.6) is 5.75 Å². The molecule has 0 unspecified atom stereocenters. The molecule has 1 aliphatic heterocycles. The summed E-state index contributed by atoms with van der Waals surface area (Å²) in [5, 5.41) is 0. The number of esters is 1. The summed E-state index contributed by atoms with van der Waals surface area (Å²) in [4.78, 5) is 14.6. The van der Waals surface area contributed by atoms with Crippen molar-refractivity contribution in [2.24, 2.45) is 0 Å². The lowest BCUT2D eigenvalue weighted by molar-refractivity contribution is -0.145. The van der Waals surface area contributed by atoms with Gasteiger partial charge in [-0.25, -0.2) is 9.18 Å². The maximum absolute atomic E-state index is 13.2. The van der Waals surface area contributed by atoms with Gasteiger partial charge in [-0.1, -0.05) is 6.07 Å². The van der Waals surface area contributed by atoms with Crippen molar-refractivity contribution in [3.63, 3.8) is 0 Å². The molecule has 5 heteroatoms. The van der Waals surface area contributed by atoms with Gasteiger partial charge in [-0.05, 0) is 60.9 Å². The van der Waals surface area contributed by atoms with E-state index in [1.165, 1.54) is 12.1 Å². The Morgan fingerprint density at radius 3 is 2.67 bits per heavy atom. The molecule has 0 N–H and O–H groups in total. The molecule has 0 aliphatic carbocycles. The molecule has 0 fully saturated rings. The third-order valence-electron chi connectivity index (χ3n) is 4.25. The molecule has 0 bridgehead atoms. The molecule has 0 aromatic heterocycles. The van der Waals surface area contributed by atoms with Crippen LogP contribution < -0.4 is 9.64 Å². The zero-order valence-corrected chi connectivity index (χ0v) is 13.8. The number of benzene rings is 2. The quantitative estimate of drug-likeness (QED) is 0.805. The standard InChI is InChI=1S/C19H20FNO3/c1-3-24-19(22)18-17-9-8-16(23-2)12-13(17)10-11-21(18)15-6-4-14(20)5-7-15/h4-9,12,18H,3,10-11H2,1-2H3/t18-/m1/s1. The third-order valence-corrected chi connectivity index (χ3v) is 4.25. The first kappa shape index (κ1) is 16.3. The van der Waals surface area contributed by atoms with Gasteiger partial charge in [-0.15, -0.1) is 0 Å². The fourth-order valence-corrected chi connectivity index (χ4v) is 3.12. The second-order valence-electron chi connectivity index (χ2n) is 5.64. The van der Waals surface area contributed by atoms with Gasteiger partial charge in [0.1, 0.15) is 11.6 Å². The van der Waals surface area contributed by atoms with E-state index in [0.29, 0.717) is 13.2 Å². The highest BCUT2D eigenvalue weighted by Crippen LogP contribution is 2.36. The molecule has 0 spiro atoms. The summed E-state index contributed by atoms with van der Waals surface area (Å²) < 4.78 is 23.8. The number of anilines is 1. The van der Waals surface area contributed by atoms with Crippen molar-refractivity contribution in [2.45, 2.75) is 19.4 Å². The summed E-state index contributed by atoms with van der Waals surface area (Å²) in [6.07, 6.45) is 0.778. The van der Waals surface area contributed by atoms with Crippen LogP contribution in [0, 0.1) is 5.82 Å². The lowest BCUT2D eigenvalue weighted by Gasteiger charge is -2.37. The van der Waals surface area contributed by atoms with Crippen LogP contribution in [-0.4, -0.2) is 26.2 Å². The minimum atomic E-state index is -0.537. The molecule has 0 saturated carbocycles. The predicted molar refractivity (Wildman–Crippen MR) is 89.8 cm³/mol. The van der Waals surface area contributed by atoms with E-state index in [1.807, 2.05) is 23.1 Å². The molecule has 24 heavy (non-hydrogen) atoms. The molecule has 2 aromatic rings. The highest BCUT2D eigenvalue weighted by Gasteiger charge is 2.34. The van der Waals surface area contributed by atoms with Gasteiger partial charge in [0.2, 0.25) is 0 Å². The average Bonchev–Trinajstić information content (AvgIpc) is 2.61. The Morgan fingerprint density at radius 1 is 1.25 bits per heavy atom. The Hall–Kier alpha value is -2.56. The fourth-order valence-electron chi connectivity index (χ4n) is 3.12. The van der Waals surface area contributed by atoms with Crippen LogP contribution in [0.2, 0.25) is 0 Å². The summed E-state index contributed by atoms with van der Waals surface area (Å²) in [5.41, 5.74) is 2.78. The summed E-state index contributed by atoms with van der Waals surface area (Å²) in [6.45, 7) is 2.76. The predicted octanol–water partition coefficient (Wildman–Crippen LogP) is 3.50. The van der Waals surface area contributed by atoms with Gasteiger partial charge in [-0.3, -0.25) is 0 Å². The largest absolute Gasteiger partial charge is 0.497 e. The van der Waals surface area contributed by atoms with E-state index < -0.39 is 6.04 Å². The molecule has 4 nitrogen and oxygen atoms in total. The topological polar surface area (TPSA) is 38.8 Å². The maximum Gasteiger partial charge on any atom is 0.333 e. The van der Waals surface area contributed by atoms with Crippen LogP contribution in [-0.2, 0) is 16.0 Å². The average molecular weight is 329 g/mol. The molecule has 0 amide bonds. The molecule has 3 rings (SSSR count). The minimum Gasteiger partial charge on any atom is -0.497 e. The van der Waals surface area contributed by atoms with Gasteiger partial charge in [-0.2, -0.15) is 0 Å². The van der Waals surface area contributed by atoms with Crippen LogP contribution in [0.15, 0.2) is 42.5 Å². The van der Waals surface area contributed by atoms with E-state index in [2.05, 4.69) is 0 Å². The van der Waals surface area contributed by atoms with Crippen LogP contribution in [0.25, 0.3) is 0 Å². The van der Waals surface area contributed by atoms with E-state index in [-0.39, 0.29) is 11.8 Å². The smallest absolute Gasteiger partial charge is 0.333 e. The molecule has 1 heterocycles. The second-order valence-corrected chi connectivity index (χ2v) is 5.64. The van der Waals surface area contributed by atoms with Crippen molar-refractivity contribution >= 4 is 11.7 Å². The highest BCUT2D eigenvalue weighted by atomic mass is 19.1. The van der Waals surface area contributed by atoms with E-state index >= 15 is 0 Å². The molecular weight excluding hydrogens is 309 g/mol. The van der Waals surface area contributed by atoms with Gasteiger partial charge in [0.15, 0.2) is 6.04 Å². The summed E-state index contributed by atoms with van der Waals surface area (Å²) in [7, 11) is 1.62. The number of halogens is 1. The number of hydrogen-bond donors (Lipinski definition) is 0. The number of carbonyl (C=O) groups excluding carboxylic acids is 1. The molecular formula is C19H20FNO3. The minimum absolute atomic E-state index is 0.298. The molecule has 2 aromatic carbocycles. The normalized spacial score (nSPS) is 16.5. The Labute approximate surface area is 140 Å². The lowest BCUT2D eigenvalue weighted by atomic mass is 9.91. The van der Waals surface area contributed by atoms with Crippen molar-refractivity contribution in [1.29, 1.82) is 0 Å². The number of nitrogens with zero attached hydrogens (tertiary/aromatic N) is 1. The van der Waals surface area contributed by atoms with Gasteiger partial charge in [0.25, 0.3) is 0 Å². The summed E-state index contributed by atoms with van der Waals surface area (Å²) >= 11 is 0. The Balaban J connectivity index is 2.03. The molecule has 1 atom stereocenters. The van der Waals surface area contributed by atoms with E-state index in [4.69, 9.17) is 9.47 Å². The van der Waals surface area contributed by atoms with Gasteiger partial charge in [0, 0.05) is 12.2 Å². The van der Waals surface area contributed by atoms with Crippen molar-refractivity contribution in [1.82, 2.24) is 0 Å². The first-order valence-electron chi connectivity index (χ1n) is 7.99. The summed E-state index contributed by atoms with van der Waals surface area (Å²) in [6, 6.07) is 11.4. The molecule has 126 valence electrons. The van der Waals surface area contributed by atoms with Crippen LogP contribution in [0.4, 0.5) is 10.1 Å². The Morgan fingerprint density at radius 2 is 2.00 bits per heavy atom.